The number of hydrogen-bond donors (Lipinski definition) is 0. The van der Waals surface area contributed by atoms with Crippen molar-refractivity contribution in [3.05, 3.63) is 30.3 Å². The summed E-state index contributed by atoms with van der Waals surface area (Å²) in [6.45, 7) is 4.53. The molecule has 0 N–H and O–H groups in total. The number of ketones is 1. The Labute approximate surface area is 126 Å². The van der Waals surface area contributed by atoms with Gasteiger partial charge in [-0.25, -0.2) is 8.42 Å². The highest BCUT2D eigenvalue weighted by Crippen LogP contribution is 2.17. The first-order valence-electron chi connectivity index (χ1n) is 7.33. The number of hydrogen-bond acceptors (Lipinski definition) is 4. The van der Waals surface area contributed by atoms with Crippen LogP contribution >= 0.6 is 0 Å². The van der Waals surface area contributed by atoms with Crippen LogP contribution in [0.3, 0.4) is 0 Å². The van der Waals surface area contributed by atoms with E-state index >= 15 is 0 Å². The van der Waals surface area contributed by atoms with Crippen LogP contribution in [0.4, 0.5) is 0 Å². The Morgan fingerprint density at radius 3 is 2.29 bits per heavy atom. The van der Waals surface area contributed by atoms with Crippen molar-refractivity contribution in [1.29, 1.82) is 0 Å². The highest BCUT2D eigenvalue weighted by Gasteiger charge is 2.28. The summed E-state index contributed by atoms with van der Waals surface area (Å²) in [7, 11) is -3.40. The lowest BCUT2D eigenvalue weighted by atomic mass is 10.2. The zero-order valence-electron chi connectivity index (χ0n) is 12.4. The molecule has 0 radical (unpaired) electrons. The third-order valence-corrected chi connectivity index (χ3v) is 5.55. The molecule has 1 aromatic rings. The number of sulfonamides is 1. The summed E-state index contributed by atoms with van der Waals surface area (Å²) in [5.41, 5.74) is 0. The Bertz CT molecular complexity index is 564. The number of carbonyl (C=O) groups excluding carboxylic acids is 1. The van der Waals surface area contributed by atoms with Crippen molar-refractivity contribution >= 4 is 15.8 Å². The van der Waals surface area contributed by atoms with E-state index in [4.69, 9.17) is 0 Å². The van der Waals surface area contributed by atoms with Gasteiger partial charge < -0.3 is 0 Å². The number of Topliss-reactive ketones (excluding diaryl/α,β-unsaturated/α-hetero) is 1. The van der Waals surface area contributed by atoms with Crippen LogP contribution in [-0.2, 0) is 14.8 Å². The molecule has 1 aromatic carbocycles. The Morgan fingerprint density at radius 2 is 1.71 bits per heavy atom. The topological polar surface area (TPSA) is 57.7 Å². The molecule has 1 aliphatic rings. The molecule has 116 valence electrons. The monoisotopic (exact) mass is 310 g/mol. The smallest absolute Gasteiger partial charge is 0.243 e. The van der Waals surface area contributed by atoms with E-state index in [1.54, 1.807) is 30.3 Å². The number of nitrogens with zero attached hydrogens (tertiary/aromatic N) is 2. The first kappa shape index (κ1) is 16.1. The standard InChI is InChI=1S/C15H22N2O3S/c1-2-6-14(18)13-16-9-11-17(12-10-16)21(19,20)15-7-4-3-5-8-15/h3-5,7-8H,2,6,9-13H2,1H3. The Morgan fingerprint density at radius 1 is 1.10 bits per heavy atom. The Balaban J connectivity index is 1.93. The van der Waals surface area contributed by atoms with Gasteiger partial charge in [-0.05, 0) is 18.6 Å². The van der Waals surface area contributed by atoms with E-state index in [9.17, 15) is 13.2 Å². The molecule has 1 heterocycles. The fraction of sp³-hybridized carbons (Fsp3) is 0.533. The van der Waals surface area contributed by atoms with Crippen LogP contribution < -0.4 is 0 Å². The van der Waals surface area contributed by atoms with Crippen molar-refractivity contribution < 1.29 is 13.2 Å². The summed E-state index contributed by atoms with van der Waals surface area (Å²) in [5, 5.41) is 0. The molecule has 0 aromatic heterocycles. The van der Waals surface area contributed by atoms with Gasteiger partial charge in [0, 0.05) is 32.6 Å². The van der Waals surface area contributed by atoms with Crippen LogP contribution in [0.25, 0.3) is 0 Å². The fourth-order valence-electron chi connectivity index (χ4n) is 2.48. The zero-order chi connectivity index (χ0) is 15.3. The summed E-state index contributed by atoms with van der Waals surface area (Å²) in [6.07, 6.45) is 1.46. The van der Waals surface area contributed by atoms with Crippen LogP contribution in [0.2, 0.25) is 0 Å². The number of benzene rings is 1. The molecule has 5 nitrogen and oxygen atoms in total. The van der Waals surface area contributed by atoms with E-state index in [2.05, 4.69) is 0 Å². The molecule has 2 rings (SSSR count). The molecule has 6 heteroatoms. The summed E-state index contributed by atoms with van der Waals surface area (Å²) in [6, 6.07) is 8.49. The molecule has 0 saturated carbocycles. The fourth-order valence-corrected chi connectivity index (χ4v) is 3.92. The van der Waals surface area contributed by atoms with Gasteiger partial charge in [0.05, 0.1) is 11.4 Å². The van der Waals surface area contributed by atoms with E-state index in [0.717, 1.165) is 6.42 Å². The Kier molecular flexibility index (Phi) is 5.50. The zero-order valence-corrected chi connectivity index (χ0v) is 13.2. The number of rotatable bonds is 6. The maximum Gasteiger partial charge on any atom is 0.243 e. The van der Waals surface area contributed by atoms with Gasteiger partial charge in [-0.2, -0.15) is 4.31 Å². The van der Waals surface area contributed by atoms with Gasteiger partial charge >= 0.3 is 0 Å². The maximum absolute atomic E-state index is 12.5. The van der Waals surface area contributed by atoms with Crippen molar-refractivity contribution in [2.75, 3.05) is 32.7 Å². The third kappa shape index (κ3) is 4.12. The number of carbonyl (C=O) groups is 1. The summed E-state index contributed by atoms with van der Waals surface area (Å²) >= 11 is 0. The SMILES string of the molecule is CCCC(=O)CN1CCN(S(=O)(=O)c2ccccc2)CC1. The Hall–Kier alpha value is -1.24. The molecule has 21 heavy (non-hydrogen) atoms. The van der Waals surface area contributed by atoms with Crippen LogP contribution in [0, 0.1) is 0 Å². The molecule has 0 bridgehead atoms. The molecule has 1 aliphatic heterocycles. The first-order valence-corrected chi connectivity index (χ1v) is 8.77. The minimum Gasteiger partial charge on any atom is -0.298 e. The van der Waals surface area contributed by atoms with Gasteiger partial charge in [-0.3, -0.25) is 9.69 Å². The molecule has 0 unspecified atom stereocenters. The van der Waals surface area contributed by atoms with Crippen LogP contribution in [0.1, 0.15) is 19.8 Å². The lowest BCUT2D eigenvalue weighted by molar-refractivity contribution is -0.120. The van der Waals surface area contributed by atoms with Crippen molar-refractivity contribution in [2.45, 2.75) is 24.7 Å². The van der Waals surface area contributed by atoms with Gasteiger partial charge in [0.25, 0.3) is 0 Å². The summed E-state index contributed by atoms with van der Waals surface area (Å²) in [5.74, 6) is 0.233. The maximum atomic E-state index is 12.5. The highest BCUT2D eigenvalue weighted by molar-refractivity contribution is 7.89. The normalized spacial score (nSPS) is 17.8. The second-order valence-electron chi connectivity index (χ2n) is 5.28. The minimum atomic E-state index is -3.40. The molecule has 1 fully saturated rings. The van der Waals surface area contributed by atoms with Gasteiger partial charge in [0.15, 0.2) is 0 Å². The molecule has 0 spiro atoms. The van der Waals surface area contributed by atoms with E-state index in [0.29, 0.717) is 44.0 Å². The van der Waals surface area contributed by atoms with Gasteiger partial charge in [-0.15, -0.1) is 0 Å². The second-order valence-corrected chi connectivity index (χ2v) is 7.22. The minimum absolute atomic E-state index is 0.233. The first-order chi connectivity index (χ1) is 10.0. The van der Waals surface area contributed by atoms with E-state index in [-0.39, 0.29) is 5.78 Å². The van der Waals surface area contributed by atoms with E-state index in [1.807, 2.05) is 11.8 Å². The van der Waals surface area contributed by atoms with Crippen molar-refractivity contribution in [3.63, 3.8) is 0 Å². The van der Waals surface area contributed by atoms with Gasteiger partial charge in [0.2, 0.25) is 10.0 Å². The molecular weight excluding hydrogens is 288 g/mol. The third-order valence-electron chi connectivity index (χ3n) is 3.64. The number of piperazine rings is 1. The molecule has 0 amide bonds. The van der Waals surface area contributed by atoms with Crippen molar-refractivity contribution in [3.8, 4) is 0 Å². The van der Waals surface area contributed by atoms with Crippen molar-refractivity contribution in [1.82, 2.24) is 9.21 Å². The quantitative estimate of drug-likeness (QED) is 0.796. The summed E-state index contributed by atoms with van der Waals surface area (Å²) < 4.78 is 26.4. The van der Waals surface area contributed by atoms with Crippen LogP contribution in [-0.4, -0.2) is 56.1 Å². The largest absolute Gasteiger partial charge is 0.298 e. The molecule has 1 saturated heterocycles. The van der Waals surface area contributed by atoms with E-state index < -0.39 is 10.0 Å². The van der Waals surface area contributed by atoms with Gasteiger partial charge in [-0.1, -0.05) is 25.1 Å². The second kappa shape index (κ2) is 7.15. The van der Waals surface area contributed by atoms with Crippen LogP contribution in [0.15, 0.2) is 35.2 Å². The highest BCUT2D eigenvalue weighted by atomic mass is 32.2. The predicted octanol–water partition coefficient (Wildman–Crippen LogP) is 1.36. The molecule has 0 atom stereocenters. The molecule has 0 aliphatic carbocycles. The average Bonchev–Trinajstić information content (AvgIpc) is 2.49. The van der Waals surface area contributed by atoms with Crippen molar-refractivity contribution in [2.24, 2.45) is 0 Å². The van der Waals surface area contributed by atoms with Crippen LogP contribution in [0.5, 0.6) is 0 Å². The van der Waals surface area contributed by atoms with E-state index in [1.165, 1.54) is 4.31 Å². The lowest BCUT2D eigenvalue weighted by Gasteiger charge is -2.33. The average molecular weight is 310 g/mol. The predicted molar refractivity (Wildman–Crippen MR) is 81.6 cm³/mol. The lowest BCUT2D eigenvalue weighted by Crippen LogP contribution is -2.49. The van der Waals surface area contributed by atoms with Gasteiger partial charge in [0.1, 0.15) is 5.78 Å². The molecular formula is C15H22N2O3S. The summed E-state index contributed by atoms with van der Waals surface area (Å²) in [4.78, 5) is 14.0.